The molecule has 1 amide bonds. The number of fused-ring (bicyclic) bond motifs is 1. The summed E-state index contributed by atoms with van der Waals surface area (Å²) in [6, 6.07) is 7.76. The van der Waals surface area contributed by atoms with E-state index in [9.17, 15) is 13.2 Å². The molecule has 1 aliphatic heterocycles. The van der Waals surface area contributed by atoms with Gasteiger partial charge >= 0.3 is 0 Å². The topological polar surface area (TPSA) is 84.7 Å². The van der Waals surface area contributed by atoms with E-state index in [0.717, 1.165) is 15.6 Å². The number of ether oxygens (including phenoxy) is 1. The second kappa shape index (κ2) is 7.77. The lowest BCUT2D eigenvalue weighted by atomic mass is 10.0. The summed E-state index contributed by atoms with van der Waals surface area (Å²) in [6.45, 7) is 2.39. The molecule has 4 rings (SSSR count). The van der Waals surface area contributed by atoms with Crippen molar-refractivity contribution < 1.29 is 17.9 Å². The second-order valence-electron chi connectivity index (χ2n) is 7.48. The number of aryl methyl sites for hydroxylation is 1. The van der Waals surface area contributed by atoms with Crippen LogP contribution in [-0.2, 0) is 21.8 Å². The molecule has 10 heteroatoms. The Morgan fingerprint density at radius 1 is 1.30 bits per heavy atom. The van der Waals surface area contributed by atoms with E-state index in [1.54, 1.807) is 32.7 Å². The summed E-state index contributed by atoms with van der Waals surface area (Å²) in [4.78, 5) is 15.2. The molecule has 0 bridgehead atoms. The Bertz CT molecular complexity index is 1210. The minimum atomic E-state index is -3.72. The molecule has 3 heterocycles. The molecule has 0 unspecified atom stereocenters. The Labute approximate surface area is 179 Å². The summed E-state index contributed by atoms with van der Waals surface area (Å²) in [5.41, 5.74) is 1.35. The number of nitrogens with zero attached hydrogens (tertiary/aromatic N) is 4. The molecule has 0 N–H and O–H groups in total. The average Bonchev–Trinajstić information content (AvgIpc) is 3.28. The molecule has 0 aliphatic carbocycles. The molecule has 30 heavy (non-hydrogen) atoms. The van der Waals surface area contributed by atoms with Gasteiger partial charge in [-0.3, -0.25) is 9.48 Å². The van der Waals surface area contributed by atoms with E-state index < -0.39 is 16.1 Å². The summed E-state index contributed by atoms with van der Waals surface area (Å²) in [7, 11) is 1.41. The molecule has 8 nitrogen and oxygen atoms in total. The SMILES string of the molecule is Cc1c(S(=O)(=O)N2CCO[C@@H](c3c(C(=O)N(C)C)sc4ccccc34)C2)cnn1C. The van der Waals surface area contributed by atoms with E-state index in [0.29, 0.717) is 10.6 Å². The number of morpholine rings is 1. The Balaban J connectivity index is 1.75. The molecule has 0 spiro atoms. The van der Waals surface area contributed by atoms with Crippen molar-refractivity contribution in [1.29, 1.82) is 0 Å². The van der Waals surface area contributed by atoms with Crippen LogP contribution in [0.4, 0.5) is 0 Å². The van der Waals surface area contributed by atoms with Crippen LogP contribution in [0.5, 0.6) is 0 Å². The molecule has 1 aliphatic rings. The molecule has 160 valence electrons. The molecule has 1 atom stereocenters. The molecular formula is C20H24N4O4S2. The standard InChI is InChI=1S/C20H24N4O4S2/c1-13-17(11-21-23(13)4)30(26,27)24-9-10-28-15(12-24)18-14-7-5-6-8-16(14)29-19(18)20(25)22(2)3/h5-8,11,15H,9-10,12H2,1-4H3/t15-/m1/s1. The van der Waals surface area contributed by atoms with Gasteiger partial charge in [-0.2, -0.15) is 9.40 Å². The first-order valence-electron chi connectivity index (χ1n) is 9.55. The van der Waals surface area contributed by atoms with Gasteiger partial charge < -0.3 is 9.64 Å². The maximum atomic E-state index is 13.3. The minimum absolute atomic E-state index is 0.113. The van der Waals surface area contributed by atoms with Gasteiger partial charge in [0.15, 0.2) is 0 Å². The summed E-state index contributed by atoms with van der Waals surface area (Å²) < 4.78 is 36.5. The van der Waals surface area contributed by atoms with Gasteiger partial charge in [0.1, 0.15) is 4.90 Å². The summed E-state index contributed by atoms with van der Waals surface area (Å²) in [5.74, 6) is -0.113. The van der Waals surface area contributed by atoms with E-state index in [2.05, 4.69) is 5.10 Å². The van der Waals surface area contributed by atoms with Crippen LogP contribution in [0.1, 0.15) is 27.0 Å². The minimum Gasteiger partial charge on any atom is -0.371 e. The van der Waals surface area contributed by atoms with E-state index in [4.69, 9.17) is 4.74 Å². The van der Waals surface area contributed by atoms with E-state index in [1.807, 2.05) is 24.3 Å². The van der Waals surface area contributed by atoms with Crippen molar-refractivity contribution in [2.24, 2.45) is 7.05 Å². The fourth-order valence-electron chi connectivity index (χ4n) is 3.64. The monoisotopic (exact) mass is 448 g/mol. The second-order valence-corrected chi connectivity index (χ2v) is 10.4. The Kier molecular flexibility index (Phi) is 5.43. The van der Waals surface area contributed by atoms with E-state index in [1.165, 1.54) is 26.7 Å². The predicted molar refractivity (Wildman–Crippen MR) is 115 cm³/mol. The van der Waals surface area contributed by atoms with Crippen LogP contribution in [-0.4, -0.2) is 67.1 Å². The maximum absolute atomic E-state index is 13.3. The number of sulfonamides is 1. The fourth-order valence-corrected chi connectivity index (χ4v) is 6.52. The highest BCUT2D eigenvalue weighted by Gasteiger charge is 2.36. The van der Waals surface area contributed by atoms with Crippen molar-refractivity contribution in [3.8, 4) is 0 Å². The summed E-state index contributed by atoms with van der Waals surface area (Å²) in [6.07, 6.45) is 0.858. The quantitative estimate of drug-likeness (QED) is 0.612. The zero-order valence-electron chi connectivity index (χ0n) is 17.3. The predicted octanol–water partition coefficient (Wildman–Crippen LogP) is 2.41. The maximum Gasteiger partial charge on any atom is 0.263 e. The van der Waals surface area contributed by atoms with Gasteiger partial charge in [-0.1, -0.05) is 18.2 Å². The largest absolute Gasteiger partial charge is 0.371 e. The summed E-state index contributed by atoms with van der Waals surface area (Å²) >= 11 is 1.41. The third-order valence-electron chi connectivity index (χ3n) is 5.39. The van der Waals surface area contributed by atoms with Gasteiger partial charge in [0.2, 0.25) is 10.0 Å². The van der Waals surface area contributed by atoms with Crippen LogP contribution in [0.3, 0.4) is 0 Å². The van der Waals surface area contributed by atoms with Gasteiger partial charge in [0.25, 0.3) is 5.91 Å². The van der Waals surface area contributed by atoms with Crippen molar-refractivity contribution in [1.82, 2.24) is 19.0 Å². The first-order chi connectivity index (χ1) is 14.2. The van der Waals surface area contributed by atoms with Crippen LogP contribution < -0.4 is 0 Å². The van der Waals surface area contributed by atoms with Crippen molar-refractivity contribution in [3.05, 3.63) is 46.6 Å². The fraction of sp³-hybridized carbons (Fsp3) is 0.400. The van der Waals surface area contributed by atoms with Crippen LogP contribution in [0, 0.1) is 6.92 Å². The lowest BCUT2D eigenvalue weighted by Gasteiger charge is -2.32. The number of benzene rings is 1. The zero-order valence-corrected chi connectivity index (χ0v) is 19.0. The lowest BCUT2D eigenvalue weighted by Crippen LogP contribution is -2.42. The number of aromatic nitrogens is 2. The third kappa shape index (κ3) is 3.43. The average molecular weight is 449 g/mol. The number of rotatable bonds is 4. The van der Waals surface area contributed by atoms with Gasteiger partial charge in [-0.05, 0) is 18.4 Å². The Morgan fingerprint density at radius 2 is 2.03 bits per heavy atom. The van der Waals surface area contributed by atoms with Crippen molar-refractivity contribution in [2.45, 2.75) is 17.9 Å². The Hall–Kier alpha value is -2.27. The molecule has 1 aromatic carbocycles. The van der Waals surface area contributed by atoms with Gasteiger partial charge in [0, 0.05) is 44.5 Å². The number of carbonyl (C=O) groups is 1. The first-order valence-corrected chi connectivity index (χ1v) is 11.8. The van der Waals surface area contributed by atoms with E-state index >= 15 is 0 Å². The van der Waals surface area contributed by atoms with Crippen molar-refractivity contribution in [2.75, 3.05) is 33.8 Å². The highest BCUT2D eigenvalue weighted by molar-refractivity contribution is 7.89. The van der Waals surface area contributed by atoms with Crippen LogP contribution in [0.15, 0.2) is 35.4 Å². The van der Waals surface area contributed by atoms with Gasteiger partial charge in [-0.25, -0.2) is 8.42 Å². The number of hydrogen-bond acceptors (Lipinski definition) is 6. The Morgan fingerprint density at radius 3 is 2.70 bits per heavy atom. The number of amides is 1. The highest BCUT2D eigenvalue weighted by atomic mass is 32.2. The van der Waals surface area contributed by atoms with E-state index in [-0.39, 0.29) is 30.5 Å². The molecule has 1 saturated heterocycles. The van der Waals surface area contributed by atoms with Gasteiger partial charge in [0.05, 0.1) is 29.5 Å². The lowest BCUT2D eigenvalue weighted by molar-refractivity contribution is -0.00204. The third-order valence-corrected chi connectivity index (χ3v) is 8.54. The number of carbonyl (C=O) groups excluding carboxylic acids is 1. The molecule has 0 radical (unpaired) electrons. The van der Waals surface area contributed by atoms with Crippen molar-refractivity contribution in [3.63, 3.8) is 0 Å². The molecular weight excluding hydrogens is 424 g/mol. The molecule has 0 saturated carbocycles. The smallest absolute Gasteiger partial charge is 0.263 e. The first kappa shape index (κ1) is 21.0. The zero-order chi connectivity index (χ0) is 21.6. The molecule has 2 aromatic heterocycles. The van der Waals surface area contributed by atoms with Crippen LogP contribution in [0.2, 0.25) is 0 Å². The van der Waals surface area contributed by atoms with Crippen LogP contribution in [0.25, 0.3) is 10.1 Å². The van der Waals surface area contributed by atoms with Crippen LogP contribution >= 0.6 is 11.3 Å². The number of hydrogen-bond donors (Lipinski definition) is 0. The highest BCUT2D eigenvalue weighted by Crippen LogP contribution is 2.39. The molecule has 1 fully saturated rings. The molecule has 3 aromatic rings. The van der Waals surface area contributed by atoms with Gasteiger partial charge in [-0.15, -0.1) is 11.3 Å². The number of thiophene rings is 1. The normalized spacial score (nSPS) is 18.1. The summed E-state index contributed by atoms with van der Waals surface area (Å²) in [5, 5.41) is 5.00. The van der Waals surface area contributed by atoms with Crippen molar-refractivity contribution >= 4 is 37.4 Å².